The molecule has 1 aliphatic rings. The molecule has 2 rings (SSSR count). The lowest BCUT2D eigenvalue weighted by Crippen LogP contribution is -2.38. The standard InChI is InChI=1S/C15H21BrClN/c1-10-3-6-15(11(2)7-10)18-9-12-8-13(17)4-5-14(12)16/h4-5,8,10-11,15,18H,3,6-7,9H2,1-2H3. The number of hydrogen-bond donors (Lipinski definition) is 1. The fourth-order valence-corrected chi connectivity index (χ4v) is 3.47. The Morgan fingerprint density at radius 3 is 2.83 bits per heavy atom. The summed E-state index contributed by atoms with van der Waals surface area (Å²) in [5.41, 5.74) is 1.24. The van der Waals surface area contributed by atoms with E-state index in [9.17, 15) is 0 Å². The lowest BCUT2D eigenvalue weighted by molar-refractivity contribution is 0.227. The van der Waals surface area contributed by atoms with Gasteiger partial charge < -0.3 is 5.32 Å². The van der Waals surface area contributed by atoms with Crippen molar-refractivity contribution in [1.82, 2.24) is 5.32 Å². The van der Waals surface area contributed by atoms with Crippen molar-refractivity contribution < 1.29 is 0 Å². The molecule has 18 heavy (non-hydrogen) atoms. The summed E-state index contributed by atoms with van der Waals surface area (Å²) in [5.74, 6) is 1.66. The van der Waals surface area contributed by atoms with E-state index in [0.717, 1.165) is 27.9 Å². The van der Waals surface area contributed by atoms with Crippen LogP contribution in [0.2, 0.25) is 5.02 Å². The zero-order valence-corrected chi connectivity index (χ0v) is 13.4. The molecule has 100 valence electrons. The lowest BCUT2D eigenvalue weighted by Gasteiger charge is -2.33. The van der Waals surface area contributed by atoms with Crippen LogP contribution in [0, 0.1) is 11.8 Å². The lowest BCUT2D eigenvalue weighted by atomic mass is 9.80. The molecule has 0 radical (unpaired) electrons. The van der Waals surface area contributed by atoms with E-state index in [4.69, 9.17) is 11.6 Å². The second-order valence-corrected chi connectivity index (χ2v) is 6.91. The summed E-state index contributed by atoms with van der Waals surface area (Å²) in [6, 6.07) is 6.62. The highest BCUT2D eigenvalue weighted by atomic mass is 79.9. The smallest absolute Gasteiger partial charge is 0.0410 e. The van der Waals surface area contributed by atoms with E-state index in [1.54, 1.807) is 0 Å². The van der Waals surface area contributed by atoms with Crippen LogP contribution in [-0.2, 0) is 6.54 Å². The number of hydrogen-bond acceptors (Lipinski definition) is 1. The predicted octanol–water partition coefficient (Wildman–Crippen LogP) is 5.02. The molecule has 1 aliphatic carbocycles. The topological polar surface area (TPSA) is 12.0 Å². The Hall–Kier alpha value is -0.0500. The first-order chi connectivity index (χ1) is 8.56. The van der Waals surface area contributed by atoms with E-state index in [-0.39, 0.29) is 0 Å². The molecule has 0 spiro atoms. The molecule has 1 aromatic rings. The van der Waals surface area contributed by atoms with Crippen molar-refractivity contribution >= 4 is 27.5 Å². The van der Waals surface area contributed by atoms with E-state index >= 15 is 0 Å². The Balaban J connectivity index is 1.93. The van der Waals surface area contributed by atoms with Gasteiger partial charge in [0.05, 0.1) is 0 Å². The van der Waals surface area contributed by atoms with Crippen LogP contribution >= 0.6 is 27.5 Å². The number of benzene rings is 1. The van der Waals surface area contributed by atoms with Crippen LogP contribution in [0.3, 0.4) is 0 Å². The van der Waals surface area contributed by atoms with E-state index in [1.165, 1.54) is 24.8 Å². The fourth-order valence-electron chi connectivity index (χ4n) is 2.89. The van der Waals surface area contributed by atoms with Gasteiger partial charge in [-0.1, -0.05) is 41.4 Å². The van der Waals surface area contributed by atoms with Gasteiger partial charge in [0.2, 0.25) is 0 Å². The van der Waals surface area contributed by atoms with Crippen molar-refractivity contribution in [2.45, 2.75) is 45.7 Å². The van der Waals surface area contributed by atoms with Crippen molar-refractivity contribution in [2.75, 3.05) is 0 Å². The van der Waals surface area contributed by atoms with Gasteiger partial charge in [-0.15, -0.1) is 0 Å². The number of nitrogens with one attached hydrogen (secondary N) is 1. The van der Waals surface area contributed by atoms with Crippen molar-refractivity contribution in [3.63, 3.8) is 0 Å². The van der Waals surface area contributed by atoms with E-state index in [0.29, 0.717) is 6.04 Å². The van der Waals surface area contributed by atoms with Crippen molar-refractivity contribution in [2.24, 2.45) is 11.8 Å². The Labute approximate surface area is 123 Å². The number of rotatable bonds is 3. The normalized spacial score (nSPS) is 28.3. The highest BCUT2D eigenvalue weighted by Gasteiger charge is 2.24. The van der Waals surface area contributed by atoms with Crippen molar-refractivity contribution in [3.05, 3.63) is 33.3 Å². The minimum absolute atomic E-state index is 0.645. The van der Waals surface area contributed by atoms with Gasteiger partial charge in [0.1, 0.15) is 0 Å². The van der Waals surface area contributed by atoms with Crippen LogP contribution in [0.5, 0.6) is 0 Å². The zero-order chi connectivity index (χ0) is 13.1. The van der Waals surface area contributed by atoms with Crippen molar-refractivity contribution in [3.8, 4) is 0 Å². The molecule has 3 unspecified atom stereocenters. The van der Waals surface area contributed by atoms with Gasteiger partial charge in [-0.3, -0.25) is 0 Å². The van der Waals surface area contributed by atoms with Crippen LogP contribution in [-0.4, -0.2) is 6.04 Å². The first-order valence-corrected chi connectivity index (χ1v) is 7.90. The summed E-state index contributed by atoms with van der Waals surface area (Å²) in [6.07, 6.45) is 3.98. The molecule has 1 saturated carbocycles. The third-order valence-electron chi connectivity index (χ3n) is 3.99. The Morgan fingerprint density at radius 1 is 1.33 bits per heavy atom. The maximum absolute atomic E-state index is 6.04. The second-order valence-electron chi connectivity index (χ2n) is 5.62. The van der Waals surface area contributed by atoms with E-state index in [1.807, 2.05) is 18.2 Å². The summed E-state index contributed by atoms with van der Waals surface area (Å²) in [7, 11) is 0. The zero-order valence-electron chi connectivity index (χ0n) is 11.0. The molecule has 0 bridgehead atoms. The summed E-state index contributed by atoms with van der Waals surface area (Å²) in [5, 5.41) is 4.49. The molecule has 0 aliphatic heterocycles. The van der Waals surface area contributed by atoms with Gasteiger partial charge in [-0.2, -0.15) is 0 Å². The molecule has 0 aromatic heterocycles. The minimum atomic E-state index is 0.645. The third-order valence-corrected chi connectivity index (χ3v) is 5.00. The van der Waals surface area contributed by atoms with Gasteiger partial charge >= 0.3 is 0 Å². The monoisotopic (exact) mass is 329 g/mol. The molecular formula is C15H21BrClN. The molecule has 1 fully saturated rings. The van der Waals surface area contributed by atoms with Gasteiger partial charge in [0.15, 0.2) is 0 Å². The van der Waals surface area contributed by atoms with Gasteiger partial charge in [0.25, 0.3) is 0 Å². The minimum Gasteiger partial charge on any atom is -0.310 e. The molecule has 0 amide bonds. The largest absolute Gasteiger partial charge is 0.310 e. The molecule has 0 heterocycles. The average molecular weight is 331 g/mol. The van der Waals surface area contributed by atoms with Crippen LogP contribution in [0.1, 0.15) is 38.7 Å². The maximum atomic E-state index is 6.04. The first kappa shape index (κ1) is 14.4. The summed E-state index contributed by atoms with van der Waals surface area (Å²) in [4.78, 5) is 0. The van der Waals surface area contributed by atoms with Crippen LogP contribution in [0.4, 0.5) is 0 Å². The molecule has 1 N–H and O–H groups in total. The van der Waals surface area contributed by atoms with Crippen LogP contribution in [0.15, 0.2) is 22.7 Å². The highest BCUT2D eigenvalue weighted by molar-refractivity contribution is 9.10. The number of halogens is 2. The average Bonchev–Trinajstić information content (AvgIpc) is 2.32. The molecule has 0 saturated heterocycles. The van der Waals surface area contributed by atoms with Crippen molar-refractivity contribution in [1.29, 1.82) is 0 Å². The Bertz CT molecular complexity index is 407. The third kappa shape index (κ3) is 3.72. The fraction of sp³-hybridized carbons (Fsp3) is 0.600. The second kappa shape index (κ2) is 6.40. The summed E-state index contributed by atoms with van der Waals surface area (Å²) in [6.45, 7) is 5.62. The highest BCUT2D eigenvalue weighted by Crippen LogP contribution is 2.29. The quantitative estimate of drug-likeness (QED) is 0.821. The Morgan fingerprint density at radius 2 is 2.11 bits per heavy atom. The predicted molar refractivity (Wildman–Crippen MR) is 82.0 cm³/mol. The van der Waals surface area contributed by atoms with Gasteiger partial charge in [-0.05, 0) is 54.9 Å². The molecular weight excluding hydrogens is 310 g/mol. The van der Waals surface area contributed by atoms with Crippen LogP contribution in [0.25, 0.3) is 0 Å². The molecule has 1 aromatic carbocycles. The van der Waals surface area contributed by atoms with Crippen LogP contribution < -0.4 is 5.32 Å². The SMILES string of the molecule is CC1CCC(NCc2cc(Cl)ccc2Br)C(C)C1. The van der Waals surface area contributed by atoms with E-state index in [2.05, 4.69) is 35.1 Å². The van der Waals surface area contributed by atoms with Gasteiger partial charge in [0, 0.05) is 22.1 Å². The molecule has 1 nitrogen and oxygen atoms in total. The maximum Gasteiger partial charge on any atom is 0.0410 e. The van der Waals surface area contributed by atoms with Gasteiger partial charge in [-0.25, -0.2) is 0 Å². The Kier molecular flexibility index (Phi) is 5.11. The first-order valence-electron chi connectivity index (χ1n) is 6.73. The summed E-state index contributed by atoms with van der Waals surface area (Å²) >= 11 is 9.62. The van der Waals surface area contributed by atoms with E-state index < -0.39 is 0 Å². The molecule has 3 heteroatoms. The molecule has 3 atom stereocenters. The summed E-state index contributed by atoms with van der Waals surface area (Å²) < 4.78 is 1.14.